The minimum atomic E-state index is -0.198. The Morgan fingerprint density at radius 1 is 1.42 bits per heavy atom. The zero-order chi connectivity index (χ0) is 13.7. The van der Waals surface area contributed by atoms with Gasteiger partial charge in [0.05, 0.1) is 12.6 Å². The number of carbonyl (C=O) groups excluding carboxylic acids is 2. The van der Waals surface area contributed by atoms with Crippen LogP contribution >= 0.6 is 0 Å². The molecule has 1 aliphatic heterocycles. The lowest BCUT2D eigenvalue weighted by atomic mass is 10.2. The molecule has 0 spiro atoms. The van der Waals surface area contributed by atoms with E-state index in [0.717, 1.165) is 12.1 Å². The summed E-state index contributed by atoms with van der Waals surface area (Å²) in [5.74, 6) is -0.132. The van der Waals surface area contributed by atoms with Crippen molar-refractivity contribution in [3.8, 4) is 0 Å². The molecular formula is C14H19N3O2. The molecule has 19 heavy (non-hydrogen) atoms. The number of benzene rings is 1. The number of nitrogens with one attached hydrogen (secondary N) is 2. The molecule has 5 nitrogen and oxygen atoms in total. The van der Waals surface area contributed by atoms with Crippen LogP contribution in [0, 0.1) is 0 Å². The molecule has 1 aromatic carbocycles. The number of hydrogen-bond donors (Lipinski definition) is 2. The first kappa shape index (κ1) is 13.5. The number of rotatable bonds is 4. The largest absolute Gasteiger partial charge is 0.350 e. The molecule has 0 bridgehead atoms. The summed E-state index contributed by atoms with van der Waals surface area (Å²) in [7, 11) is 0. The maximum absolute atomic E-state index is 11.8. The molecule has 2 N–H and O–H groups in total. The molecule has 1 saturated heterocycles. The van der Waals surface area contributed by atoms with Crippen LogP contribution in [-0.2, 0) is 16.1 Å². The number of amides is 2. The third-order valence-corrected chi connectivity index (χ3v) is 3.18. The van der Waals surface area contributed by atoms with E-state index in [2.05, 4.69) is 10.6 Å². The SMILES string of the molecule is CC1NCCN(CC(=O)NCc2ccccc2)C1=O. The van der Waals surface area contributed by atoms with Gasteiger partial charge in [-0.3, -0.25) is 9.59 Å². The highest BCUT2D eigenvalue weighted by molar-refractivity contribution is 5.87. The molecule has 2 rings (SSSR count). The molecule has 102 valence electrons. The van der Waals surface area contributed by atoms with Crippen LogP contribution in [0.4, 0.5) is 0 Å². The molecule has 1 atom stereocenters. The first-order valence-electron chi connectivity index (χ1n) is 6.49. The molecule has 1 heterocycles. The average molecular weight is 261 g/mol. The molecule has 1 unspecified atom stereocenters. The van der Waals surface area contributed by atoms with Crippen molar-refractivity contribution in [2.75, 3.05) is 19.6 Å². The minimum absolute atomic E-state index is 0.0129. The summed E-state index contributed by atoms with van der Waals surface area (Å²) in [6.07, 6.45) is 0. The fraction of sp³-hybridized carbons (Fsp3) is 0.429. The minimum Gasteiger partial charge on any atom is -0.350 e. The summed E-state index contributed by atoms with van der Waals surface area (Å²) in [6.45, 7) is 3.77. The average Bonchev–Trinajstić information content (AvgIpc) is 2.43. The lowest BCUT2D eigenvalue weighted by Crippen LogP contribution is -2.55. The van der Waals surface area contributed by atoms with Crippen molar-refractivity contribution >= 4 is 11.8 Å². The molecule has 0 saturated carbocycles. The van der Waals surface area contributed by atoms with Crippen LogP contribution in [0.1, 0.15) is 12.5 Å². The summed E-state index contributed by atoms with van der Waals surface area (Å²) in [4.78, 5) is 25.2. The fourth-order valence-corrected chi connectivity index (χ4v) is 2.07. The monoisotopic (exact) mass is 261 g/mol. The standard InChI is InChI=1S/C14H19N3O2/c1-11-14(19)17(8-7-15-11)10-13(18)16-9-12-5-3-2-4-6-12/h2-6,11,15H,7-10H2,1H3,(H,16,18). The van der Waals surface area contributed by atoms with Gasteiger partial charge in [-0.05, 0) is 12.5 Å². The van der Waals surface area contributed by atoms with Crippen molar-refractivity contribution in [3.63, 3.8) is 0 Å². The van der Waals surface area contributed by atoms with Gasteiger partial charge in [0.15, 0.2) is 0 Å². The molecule has 0 aliphatic carbocycles. The smallest absolute Gasteiger partial charge is 0.239 e. The molecule has 2 amide bonds. The van der Waals surface area contributed by atoms with Crippen molar-refractivity contribution < 1.29 is 9.59 Å². The Kier molecular flexibility index (Phi) is 4.52. The predicted molar refractivity (Wildman–Crippen MR) is 72.3 cm³/mol. The van der Waals surface area contributed by atoms with E-state index >= 15 is 0 Å². The van der Waals surface area contributed by atoms with E-state index in [1.807, 2.05) is 37.3 Å². The number of piperazine rings is 1. The molecular weight excluding hydrogens is 242 g/mol. The van der Waals surface area contributed by atoms with Gasteiger partial charge in [0.25, 0.3) is 0 Å². The summed E-state index contributed by atoms with van der Waals surface area (Å²) in [5, 5.41) is 5.90. The third-order valence-electron chi connectivity index (χ3n) is 3.18. The Morgan fingerprint density at radius 2 is 2.16 bits per heavy atom. The van der Waals surface area contributed by atoms with E-state index in [9.17, 15) is 9.59 Å². The Morgan fingerprint density at radius 3 is 2.89 bits per heavy atom. The van der Waals surface area contributed by atoms with E-state index < -0.39 is 0 Å². The maximum Gasteiger partial charge on any atom is 0.239 e. The lowest BCUT2D eigenvalue weighted by Gasteiger charge is -2.30. The second kappa shape index (κ2) is 6.33. The van der Waals surface area contributed by atoms with Crippen LogP contribution in [0.15, 0.2) is 30.3 Å². The second-order valence-corrected chi connectivity index (χ2v) is 4.70. The van der Waals surface area contributed by atoms with Crippen LogP contribution in [-0.4, -0.2) is 42.4 Å². The number of carbonyl (C=O) groups is 2. The van der Waals surface area contributed by atoms with E-state index in [4.69, 9.17) is 0 Å². The van der Waals surface area contributed by atoms with Crippen molar-refractivity contribution in [1.82, 2.24) is 15.5 Å². The highest BCUT2D eigenvalue weighted by Gasteiger charge is 2.25. The van der Waals surface area contributed by atoms with Gasteiger partial charge in [0.1, 0.15) is 0 Å². The van der Waals surface area contributed by atoms with Crippen molar-refractivity contribution in [2.24, 2.45) is 0 Å². The molecule has 1 aliphatic rings. The highest BCUT2D eigenvalue weighted by atomic mass is 16.2. The van der Waals surface area contributed by atoms with Gasteiger partial charge in [-0.2, -0.15) is 0 Å². The molecule has 1 fully saturated rings. The van der Waals surface area contributed by atoms with Gasteiger partial charge >= 0.3 is 0 Å². The third kappa shape index (κ3) is 3.79. The molecule has 0 radical (unpaired) electrons. The highest BCUT2D eigenvalue weighted by Crippen LogP contribution is 2.01. The fourth-order valence-electron chi connectivity index (χ4n) is 2.07. The van der Waals surface area contributed by atoms with E-state index in [1.54, 1.807) is 4.90 Å². The van der Waals surface area contributed by atoms with Crippen LogP contribution < -0.4 is 10.6 Å². The zero-order valence-electron chi connectivity index (χ0n) is 11.1. The number of hydrogen-bond acceptors (Lipinski definition) is 3. The first-order chi connectivity index (χ1) is 9.16. The quantitative estimate of drug-likeness (QED) is 0.809. The van der Waals surface area contributed by atoms with Crippen LogP contribution in [0.2, 0.25) is 0 Å². The molecule has 0 aromatic heterocycles. The van der Waals surface area contributed by atoms with Crippen LogP contribution in [0.5, 0.6) is 0 Å². The van der Waals surface area contributed by atoms with Crippen molar-refractivity contribution in [1.29, 1.82) is 0 Å². The topological polar surface area (TPSA) is 61.4 Å². The summed E-state index contributed by atoms with van der Waals surface area (Å²) >= 11 is 0. The van der Waals surface area contributed by atoms with E-state index in [0.29, 0.717) is 13.1 Å². The van der Waals surface area contributed by atoms with Gasteiger partial charge in [0, 0.05) is 19.6 Å². The van der Waals surface area contributed by atoms with Crippen LogP contribution in [0.25, 0.3) is 0 Å². The maximum atomic E-state index is 11.8. The van der Waals surface area contributed by atoms with Gasteiger partial charge in [-0.15, -0.1) is 0 Å². The zero-order valence-corrected chi connectivity index (χ0v) is 11.1. The predicted octanol–water partition coefficient (Wildman–Crippen LogP) is 0.123. The Labute approximate surface area is 113 Å². The van der Waals surface area contributed by atoms with Crippen LogP contribution in [0.3, 0.4) is 0 Å². The van der Waals surface area contributed by atoms with Crippen molar-refractivity contribution in [2.45, 2.75) is 19.5 Å². The van der Waals surface area contributed by atoms with E-state index in [1.165, 1.54) is 0 Å². The first-order valence-corrected chi connectivity index (χ1v) is 6.49. The van der Waals surface area contributed by atoms with Crippen molar-refractivity contribution in [3.05, 3.63) is 35.9 Å². The Bertz CT molecular complexity index is 447. The van der Waals surface area contributed by atoms with Gasteiger partial charge in [0.2, 0.25) is 11.8 Å². The number of nitrogens with zero attached hydrogens (tertiary/aromatic N) is 1. The summed E-state index contributed by atoms with van der Waals surface area (Å²) in [6, 6.07) is 9.52. The van der Waals surface area contributed by atoms with Gasteiger partial charge < -0.3 is 15.5 Å². The van der Waals surface area contributed by atoms with E-state index in [-0.39, 0.29) is 24.4 Å². The summed E-state index contributed by atoms with van der Waals surface area (Å²) in [5.41, 5.74) is 1.05. The molecule has 1 aromatic rings. The van der Waals surface area contributed by atoms with Gasteiger partial charge in [-0.25, -0.2) is 0 Å². The Hall–Kier alpha value is -1.88. The summed E-state index contributed by atoms with van der Waals surface area (Å²) < 4.78 is 0. The van der Waals surface area contributed by atoms with Gasteiger partial charge in [-0.1, -0.05) is 30.3 Å². The second-order valence-electron chi connectivity index (χ2n) is 4.70. The lowest BCUT2D eigenvalue weighted by molar-refractivity contribution is -0.139. The Balaban J connectivity index is 1.79. The molecule has 5 heteroatoms. The normalized spacial score (nSPS) is 19.3.